The first-order valence-corrected chi connectivity index (χ1v) is 14.3. The summed E-state index contributed by atoms with van der Waals surface area (Å²) in [5, 5.41) is 29.1. The third kappa shape index (κ3) is 11.6. The van der Waals surface area contributed by atoms with Crippen LogP contribution in [0.25, 0.3) is 6.08 Å². The Hall–Kier alpha value is -4.49. The molecule has 0 aliphatic heterocycles. The van der Waals surface area contributed by atoms with Crippen molar-refractivity contribution in [3.05, 3.63) is 81.1 Å². The van der Waals surface area contributed by atoms with Crippen LogP contribution < -0.4 is 17.2 Å². The van der Waals surface area contributed by atoms with Crippen LogP contribution in [0.5, 0.6) is 0 Å². The lowest BCUT2D eigenvalue weighted by Crippen LogP contribution is -2.30. The molecule has 0 radical (unpaired) electrons. The molecule has 0 fully saturated rings. The Morgan fingerprint density at radius 3 is 2.36 bits per heavy atom. The van der Waals surface area contributed by atoms with E-state index in [9.17, 15) is 19.5 Å². The van der Waals surface area contributed by atoms with Crippen LogP contribution in [0.2, 0.25) is 0 Å². The summed E-state index contributed by atoms with van der Waals surface area (Å²) in [5.41, 5.74) is 17.5. The number of carbonyl (C=O) groups is 3. The van der Waals surface area contributed by atoms with Gasteiger partial charge in [-0.1, -0.05) is 31.5 Å². The van der Waals surface area contributed by atoms with E-state index in [1.165, 1.54) is 11.3 Å². The number of hydrogen-bond acceptors (Lipinski definition) is 7. The first-order chi connectivity index (χ1) is 20.0. The van der Waals surface area contributed by atoms with Gasteiger partial charge in [0.15, 0.2) is 5.96 Å². The van der Waals surface area contributed by atoms with Gasteiger partial charge in [0.1, 0.15) is 11.9 Å². The number of benzene rings is 1. The summed E-state index contributed by atoms with van der Waals surface area (Å²) in [6.07, 6.45) is 7.53. The van der Waals surface area contributed by atoms with E-state index in [-0.39, 0.29) is 11.5 Å². The quantitative estimate of drug-likeness (QED) is 0.0649. The van der Waals surface area contributed by atoms with Gasteiger partial charge in [-0.05, 0) is 54.5 Å². The monoisotopic (exact) mass is 598 g/mol. The second kappa shape index (κ2) is 17.4. The van der Waals surface area contributed by atoms with Crippen LogP contribution in [-0.2, 0) is 29.0 Å². The molecule has 226 valence electrons. The zero-order chi connectivity index (χ0) is 31.1. The number of imidazole rings is 1. The minimum Gasteiger partial charge on any atom is -0.480 e. The minimum atomic E-state index is -1.00. The number of carboxylic acids is 3. The van der Waals surface area contributed by atoms with Gasteiger partial charge < -0.3 is 37.1 Å². The number of aromatic nitrogens is 2. The second-order valence-corrected chi connectivity index (χ2v) is 10.4. The third-order valence-electron chi connectivity index (χ3n) is 6.09. The van der Waals surface area contributed by atoms with Crippen LogP contribution in [-0.4, -0.2) is 61.3 Å². The Kier molecular flexibility index (Phi) is 13.9. The average molecular weight is 599 g/mol. The largest absolute Gasteiger partial charge is 0.480 e. The lowest BCUT2D eigenvalue weighted by Gasteiger charge is -2.12. The van der Waals surface area contributed by atoms with Crippen molar-refractivity contribution in [3.63, 3.8) is 0 Å². The minimum absolute atomic E-state index is 0.0129. The summed E-state index contributed by atoms with van der Waals surface area (Å²) in [6, 6.07) is 9.74. The molecule has 3 rings (SSSR count). The van der Waals surface area contributed by atoms with Crippen molar-refractivity contribution in [3.8, 4) is 0 Å². The molecule has 1 aromatic carbocycles. The number of rotatable bonds is 15. The Balaban J connectivity index is 0.000000435. The Morgan fingerprint density at radius 2 is 1.81 bits per heavy atom. The number of aryl methyl sites for hydroxylation is 1. The maximum Gasteiger partial charge on any atom is 0.335 e. The molecule has 12 nitrogen and oxygen atoms in total. The first kappa shape index (κ1) is 33.7. The smallest absolute Gasteiger partial charge is 0.335 e. The van der Waals surface area contributed by atoms with E-state index in [0.29, 0.717) is 37.9 Å². The van der Waals surface area contributed by atoms with Gasteiger partial charge in [0.05, 0.1) is 17.5 Å². The number of nitrogens with two attached hydrogens (primary N) is 3. The van der Waals surface area contributed by atoms with E-state index in [0.717, 1.165) is 41.2 Å². The van der Waals surface area contributed by atoms with E-state index in [2.05, 4.69) is 16.9 Å². The van der Waals surface area contributed by atoms with Gasteiger partial charge in [-0.15, -0.1) is 11.3 Å². The van der Waals surface area contributed by atoms with Crippen LogP contribution in [0.4, 0.5) is 0 Å². The molecular weight excluding hydrogens is 560 g/mol. The Morgan fingerprint density at radius 1 is 1.10 bits per heavy atom. The molecule has 0 aliphatic carbocycles. The summed E-state index contributed by atoms with van der Waals surface area (Å²) in [7, 11) is 0. The topological polar surface area (TPSA) is 220 Å². The van der Waals surface area contributed by atoms with Crippen molar-refractivity contribution in [1.29, 1.82) is 0 Å². The van der Waals surface area contributed by atoms with Gasteiger partial charge in [0.25, 0.3) is 0 Å². The summed E-state index contributed by atoms with van der Waals surface area (Å²) < 4.78 is 2.02. The number of aromatic carboxylic acids is 1. The fourth-order valence-corrected chi connectivity index (χ4v) is 4.53. The lowest BCUT2D eigenvalue weighted by atomic mass is 10.1. The number of hydrogen-bond donors (Lipinski definition) is 6. The van der Waals surface area contributed by atoms with Gasteiger partial charge >= 0.3 is 17.9 Å². The van der Waals surface area contributed by atoms with Crippen molar-refractivity contribution < 1.29 is 29.7 Å². The number of unbranched alkanes of at least 4 members (excludes halogenated alkanes) is 1. The molecule has 2 heterocycles. The van der Waals surface area contributed by atoms with Crippen LogP contribution in [0.3, 0.4) is 0 Å². The van der Waals surface area contributed by atoms with Crippen LogP contribution in [0.1, 0.15) is 64.9 Å². The van der Waals surface area contributed by atoms with Crippen LogP contribution in [0, 0.1) is 0 Å². The number of thiophene rings is 1. The number of aliphatic carboxylic acids is 2. The average Bonchev–Trinajstić information content (AvgIpc) is 3.60. The molecule has 1 atom stereocenters. The van der Waals surface area contributed by atoms with Crippen LogP contribution >= 0.6 is 11.3 Å². The molecule has 13 heteroatoms. The molecule has 0 spiro atoms. The highest BCUT2D eigenvalue weighted by molar-refractivity contribution is 7.09. The summed E-state index contributed by atoms with van der Waals surface area (Å²) in [4.78, 5) is 42.4. The van der Waals surface area contributed by atoms with Crippen molar-refractivity contribution in [2.45, 2.75) is 58.0 Å². The van der Waals surface area contributed by atoms with Gasteiger partial charge in [-0.2, -0.15) is 0 Å². The number of guanidine groups is 1. The zero-order valence-corrected chi connectivity index (χ0v) is 24.3. The van der Waals surface area contributed by atoms with E-state index in [1.807, 2.05) is 22.1 Å². The molecule has 0 aliphatic rings. The van der Waals surface area contributed by atoms with Crippen molar-refractivity contribution >= 4 is 41.3 Å². The summed E-state index contributed by atoms with van der Waals surface area (Å²) in [6.45, 7) is 3.03. The molecule has 2 aromatic heterocycles. The highest BCUT2D eigenvalue weighted by Gasteiger charge is 2.15. The highest BCUT2D eigenvalue weighted by Crippen LogP contribution is 2.20. The fraction of sp³-hybridized carbons (Fsp3) is 0.345. The van der Waals surface area contributed by atoms with Gasteiger partial charge in [-0.3, -0.25) is 9.79 Å². The van der Waals surface area contributed by atoms with E-state index in [4.69, 9.17) is 27.4 Å². The standard InChI is InChI=1S/C23H24N2O4S.C6H14N4O2/c1-2-3-6-21-24-14-19(12-18(23(28)29)13-20-5-4-11-30-20)25(21)15-16-7-9-17(10-8-16)22(26)27;7-4(5(11)12)2-1-3-10-6(8)9/h4-5,7-12,14H,2-3,6,13,15H2,1H3,(H,26,27)(H,28,29);4H,1-3,7H2,(H,11,12)(H4,8,9,10)/b18-12+;/t;4-/m.0/s1. The number of aliphatic imine (C=N–C) groups is 1. The molecule has 3 aromatic rings. The number of nitrogens with zero attached hydrogens (tertiary/aromatic N) is 3. The molecular formula is C29H38N6O6S. The van der Waals surface area contributed by atoms with Crippen molar-refractivity contribution in [1.82, 2.24) is 9.55 Å². The van der Waals surface area contributed by atoms with E-state index < -0.39 is 23.9 Å². The van der Waals surface area contributed by atoms with Gasteiger partial charge in [0, 0.05) is 36.4 Å². The Bertz CT molecular complexity index is 1360. The molecule has 42 heavy (non-hydrogen) atoms. The molecule has 0 saturated heterocycles. The van der Waals surface area contributed by atoms with Crippen molar-refractivity contribution in [2.24, 2.45) is 22.2 Å². The summed E-state index contributed by atoms with van der Waals surface area (Å²) >= 11 is 1.53. The Labute approximate surface area is 248 Å². The molecule has 0 amide bonds. The lowest BCUT2D eigenvalue weighted by molar-refractivity contribution is -0.138. The highest BCUT2D eigenvalue weighted by atomic mass is 32.1. The molecule has 0 saturated carbocycles. The SMILES string of the molecule is CCCCc1ncc(/C=C(\Cc2cccs2)C(=O)O)n1Cc1ccc(C(=O)O)cc1.NC(N)=NCCC[C@H](N)C(=O)O. The van der Waals surface area contributed by atoms with E-state index in [1.54, 1.807) is 36.5 Å². The predicted molar refractivity (Wildman–Crippen MR) is 163 cm³/mol. The first-order valence-electron chi connectivity index (χ1n) is 13.4. The van der Waals surface area contributed by atoms with Gasteiger partial charge in [-0.25, -0.2) is 14.6 Å². The molecule has 0 bridgehead atoms. The van der Waals surface area contributed by atoms with Crippen molar-refractivity contribution in [2.75, 3.05) is 6.54 Å². The fourth-order valence-electron chi connectivity index (χ4n) is 3.81. The second-order valence-electron chi connectivity index (χ2n) is 9.42. The predicted octanol–water partition coefficient (Wildman–Crippen LogP) is 3.20. The zero-order valence-electron chi connectivity index (χ0n) is 23.5. The normalized spacial score (nSPS) is 11.7. The van der Waals surface area contributed by atoms with E-state index >= 15 is 0 Å². The van der Waals surface area contributed by atoms with Crippen LogP contribution in [0.15, 0.2) is 58.5 Å². The maximum atomic E-state index is 11.8. The molecule has 9 N–H and O–H groups in total. The van der Waals surface area contributed by atoms with Gasteiger partial charge in [0.2, 0.25) is 0 Å². The summed E-state index contributed by atoms with van der Waals surface area (Å²) in [5.74, 6) is -2.00. The third-order valence-corrected chi connectivity index (χ3v) is 6.97. The molecule has 0 unspecified atom stereocenters. The maximum absolute atomic E-state index is 11.8. The number of carboxylic acid groups (broad SMARTS) is 3.